The number of hydrogen-bond donors (Lipinski definition) is 0. The molecule has 0 radical (unpaired) electrons. The smallest absolute Gasteiger partial charge is 0.133 e. The molecule has 0 spiro atoms. The lowest BCUT2D eigenvalue weighted by Crippen LogP contribution is -1.88. The number of ether oxygens (including phenoxy) is 1. The molecule has 0 saturated heterocycles. The van der Waals surface area contributed by atoms with Crippen LogP contribution in [-0.4, -0.2) is 12.9 Å². The number of aryl methyl sites for hydroxylation is 1. The van der Waals surface area contributed by atoms with Gasteiger partial charge in [-0.2, -0.15) is 5.26 Å². The summed E-state index contributed by atoms with van der Waals surface area (Å²) >= 11 is 1.32. The lowest BCUT2D eigenvalue weighted by Gasteiger charge is -2.02. The molecular formula is C11H13NOS. The molecule has 0 aliphatic heterocycles. The average molecular weight is 207 g/mol. The molecule has 0 amide bonds. The van der Waals surface area contributed by atoms with Gasteiger partial charge in [0.2, 0.25) is 0 Å². The van der Waals surface area contributed by atoms with Crippen LogP contribution >= 0.6 is 11.8 Å². The summed E-state index contributed by atoms with van der Waals surface area (Å²) in [5.74, 6) is 1.79. The average Bonchev–Trinajstić information content (AvgIpc) is 2.25. The van der Waals surface area contributed by atoms with Crippen molar-refractivity contribution < 1.29 is 4.74 Å². The van der Waals surface area contributed by atoms with Crippen molar-refractivity contribution in [2.75, 3.05) is 12.9 Å². The number of hydrogen-bond acceptors (Lipinski definition) is 3. The van der Waals surface area contributed by atoms with E-state index in [-0.39, 0.29) is 0 Å². The van der Waals surface area contributed by atoms with E-state index in [0.29, 0.717) is 0 Å². The Labute approximate surface area is 88.9 Å². The second kappa shape index (κ2) is 6.33. The summed E-state index contributed by atoms with van der Waals surface area (Å²) in [6, 6.07) is 8.06. The van der Waals surface area contributed by atoms with Crippen molar-refractivity contribution in [1.29, 1.82) is 5.26 Å². The highest BCUT2D eigenvalue weighted by Crippen LogP contribution is 2.13. The van der Waals surface area contributed by atoms with Crippen LogP contribution in [0.3, 0.4) is 0 Å². The first-order valence-corrected chi connectivity index (χ1v) is 5.49. The Morgan fingerprint density at radius 2 is 2.07 bits per heavy atom. The van der Waals surface area contributed by atoms with Gasteiger partial charge < -0.3 is 4.74 Å². The van der Waals surface area contributed by atoms with Crippen LogP contribution in [0.2, 0.25) is 0 Å². The van der Waals surface area contributed by atoms with Gasteiger partial charge in [-0.15, -0.1) is 0 Å². The van der Waals surface area contributed by atoms with Crippen molar-refractivity contribution in [3.05, 3.63) is 29.8 Å². The number of rotatable bonds is 5. The van der Waals surface area contributed by atoms with Gasteiger partial charge in [0.05, 0.1) is 7.11 Å². The fourth-order valence-corrected chi connectivity index (χ4v) is 1.57. The lowest BCUT2D eigenvalue weighted by molar-refractivity contribution is 0.414. The molecule has 74 valence electrons. The van der Waals surface area contributed by atoms with Crippen molar-refractivity contribution in [3.63, 3.8) is 0 Å². The van der Waals surface area contributed by atoms with Gasteiger partial charge in [0, 0.05) is 5.75 Å². The fourth-order valence-electron chi connectivity index (χ4n) is 1.19. The van der Waals surface area contributed by atoms with Crippen LogP contribution in [0.15, 0.2) is 24.3 Å². The molecule has 0 N–H and O–H groups in total. The molecule has 0 unspecified atom stereocenters. The molecule has 0 heterocycles. The van der Waals surface area contributed by atoms with Crippen molar-refractivity contribution in [2.24, 2.45) is 0 Å². The van der Waals surface area contributed by atoms with Crippen molar-refractivity contribution in [3.8, 4) is 11.2 Å². The van der Waals surface area contributed by atoms with Crippen LogP contribution in [0.25, 0.3) is 0 Å². The molecule has 0 saturated carbocycles. The standard InChI is InChI=1S/C11H13NOS/c1-13-11-6-4-10(5-7-11)3-2-8-14-9-12/h4-7H,2-3,8H2,1H3. The molecule has 14 heavy (non-hydrogen) atoms. The highest BCUT2D eigenvalue weighted by atomic mass is 32.2. The topological polar surface area (TPSA) is 33.0 Å². The maximum atomic E-state index is 8.33. The predicted molar refractivity (Wildman–Crippen MR) is 59.4 cm³/mol. The quantitative estimate of drug-likeness (QED) is 0.550. The van der Waals surface area contributed by atoms with E-state index in [1.807, 2.05) is 12.1 Å². The van der Waals surface area contributed by atoms with Crippen molar-refractivity contribution >= 4 is 11.8 Å². The molecule has 0 atom stereocenters. The second-order valence-corrected chi connectivity index (χ2v) is 3.77. The maximum Gasteiger partial charge on any atom is 0.133 e. The van der Waals surface area contributed by atoms with E-state index >= 15 is 0 Å². The van der Waals surface area contributed by atoms with Gasteiger partial charge in [-0.05, 0) is 42.3 Å². The minimum absolute atomic E-state index is 0.889. The molecule has 2 nitrogen and oxygen atoms in total. The summed E-state index contributed by atoms with van der Waals surface area (Å²) in [6.45, 7) is 0. The minimum Gasteiger partial charge on any atom is -0.497 e. The van der Waals surface area contributed by atoms with Crippen LogP contribution < -0.4 is 4.74 Å². The number of methoxy groups -OCH3 is 1. The minimum atomic E-state index is 0.889. The Morgan fingerprint density at radius 1 is 1.36 bits per heavy atom. The van der Waals surface area contributed by atoms with Gasteiger partial charge in [0.25, 0.3) is 0 Å². The first kappa shape index (κ1) is 10.9. The molecule has 1 rings (SSSR count). The summed E-state index contributed by atoms with van der Waals surface area (Å²) < 4.78 is 5.07. The van der Waals surface area contributed by atoms with Crippen LogP contribution in [-0.2, 0) is 6.42 Å². The zero-order valence-electron chi connectivity index (χ0n) is 8.19. The van der Waals surface area contributed by atoms with E-state index < -0.39 is 0 Å². The molecule has 0 fully saturated rings. The Balaban J connectivity index is 2.33. The van der Waals surface area contributed by atoms with Gasteiger partial charge in [-0.3, -0.25) is 0 Å². The number of thiocyanates is 1. The normalized spacial score (nSPS) is 9.43. The first-order valence-electron chi connectivity index (χ1n) is 4.50. The first-order chi connectivity index (χ1) is 6.86. The number of nitrogens with zero attached hydrogens (tertiary/aromatic N) is 1. The summed E-state index contributed by atoms with van der Waals surface area (Å²) in [7, 11) is 1.67. The summed E-state index contributed by atoms with van der Waals surface area (Å²) in [5, 5.41) is 10.4. The second-order valence-electron chi connectivity index (χ2n) is 2.89. The highest BCUT2D eigenvalue weighted by Gasteiger charge is 1.94. The third-order valence-corrected chi connectivity index (χ3v) is 2.56. The van der Waals surface area contributed by atoms with Crippen molar-refractivity contribution in [2.45, 2.75) is 12.8 Å². The van der Waals surface area contributed by atoms with Crippen LogP contribution in [0, 0.1) is 10.7 Å². The van der Waals surface area contributed by atoms with Gasteiger partial charge in [-0.1, -0.05) is 12.1 Å². The highest BCUT2D eigenvalue weighted by molar-refractivity contribution is 8.03. The van der Waals surface area contributed by atoms with Gasteiger partial charge >= 0.3 is 0 Å². The number of nitriles is 1. The van der Waals surface area contributed by atoms with Gasteiger partial charge in [0.1, 0.15) is 11.2 Å². The third kappa shape index (κ3) is 3.71. The van der Waals surface area contributed by atoms with Gasteiger partial charge in [0.15, 0.2) is 0 Å². The van der Waals surface area contributed by atoms with Crippen LogP contribution in [0.4, 0.5) is 0 Å². The summed E-state index contributed by atoms with van der Waals surface area (Å²) in [5.41, 5.74) is 1.30. The Bertz CT molecular complexity index is 302. The van der Waals surface area contributed by atoms with Crippen LogP contribution in [0.5, 0.6) is 5.75 Å². The molecule has 1 aromatic carbocycles. The molecule has 3 heteroatoms. The van der Waals surface area contributed by atoms with Crippen LogP contribution in [0.1, 0.15) is 12.0 Å². The summed E-state index contributed by atoms with van der Waals surface area (Å²) in [4.78, 5) is 0. The predicted octanol–water partition coefficient (Wildman–Crippen LogP) is 2.84. The maximum absolute atomic E-state index is 8.33. The van der Waals surface area contributed by atoms with E-state index in [0.717, 1.165) is 24.3 Å². The molecule has 0 aromatic heterocycles. The Kier molecular flexibility index (Phi) is 4.95. The molecule has 0 aliphatic rings. The van der Waals surface area contributed by atoms with E-state index in [1.54, 1.807) is 7.11 Å². The molecule has 1 aromatic rings. The number of benzene rings is 1. The Morgan fingerprint density at radius 3 is 2.64 bits per heavy atom. The van der Waals surface area contributed by atoms with E-state index in [1.165, 1.54) is 17.3 Å². The lowest BCUT2D eigenvalue weighted by atomic mass is 10.1. The van der Waals surface area contributed by atoms with E-state index in [9.17, 15) is 0 Å². The van der Waals surface area contributed by atoms with Crippen molar-refractivity contribution in [1.82, 2.24) is 0 Å². The third-order valence-electron chi connectivity index (χ3n) is 1.94. The monoisotopic (exact) mass is 207 g/mol. The summed E-state index contributed by atoms with van der Waals surface area (Å²) in [6.07, 6.45) is 2.07. The van der Waals surface area contributed by atoms with Gasteiger partial charge in [-0.25, -0.2) is 0 Å². The zero-order chi connectivity index (χ0) is 10.2. The van der Waals surface area contributed by atoms with E-state index in [2.05, 4.69) is 17.5 Å². The van der Waals surface area contributed by atoms with E-state index in [4.69, 9.17) is 10.00 Å². The zero-order valence-corrected chi connectivity index (χ0v) is 9.01. The largest absolute Gasteiger partial charge is 0.497 e. The molecule has 0 aliphatic carbocycles. The SMILES string of the molecule is COc1ccc(CCCSC#N)cc1. The fraction of sp³-hybridized carbons (Fsp3) is 0.364. The Hall–Kier alpha value is -1.14. The molecular weight excluding hydrogens is 194 g/mol. The number of thioether (sulfide) groups is 1. The molecule has 0 bridgehead atoms.